The van der Waals surface area contributed by atoms with Gasteiger partial charge in [-0.15, -0.1) is 0 Å². The van der Waals surface area contributed by atoms with Crippen molar-refractivity contribution in [3.05, 3.63) is 82.8 Å². The molecule has 1 aliphatic heterocycles. The number of carbonyl (C=O) groups is 1. The summed E-state index contributed by atoms with van der Waals surface area (Å²) in [6.07, 6.45) is 4.64. The number of carbonyl (C=O) groups excluding carboxylic acids is 1. The summed E-state index contributed by atoms with van der Waals surface area (Å²) in [4.78, 5) is 37.4. The van der Waals surface area contributed by atoms with E-state index in [-0.39, 0.29) is 17.5 Å². The fourth-order valence-electron chi connectivity index (χ4n) is 5.11. The summed E-state index contributed by atoms with van der Waals surface area (Å²) in [5.41, 5.74) is 2.00. The van der Waals surface area contributed by atoms with E-state index in [1.54, 1.807) is 36.1 Å². The van der Waals surface area contributed by atoms with E-state index in [1.807, 2.05) is 30.3 Å². The monoisotopic (exact) mass is 588 g/mol. The highest BCUT2D eigenvalue weighted by molar-refractivity contribution is 6.35. The minimum absolute atomic E-state index is 0.114. The topological polar surface area (TPSA) is 111 Å². The zero-order chi connectivity index (χ0) is 29.6. The predicted molar refractivity (Wildman–Crippen MR) is 165 cm³/mol. The number of rotatable bonds is 10. The highest BCUT2D eigenvalue weighted by Crippen LogP contribution is 2.38. The molecule has 42 heavy (non-hydrogen) atoms. The molecule has 0 radical (unpaired) electrons. The molecule has 2 N–H and O–H groups in total. The van der Waals surface area contributed by atoms with Crippen LogP contribution < -0.4 is 25.7 Å². The summed E-state index contributed by atoms with van der Waals surface area (Å²) in [5.74, 6) is 1.15. The minimum atomic E-state index is -0.239. The van der Waals surface area contributed by atoms with Gasteiger partial charge in [-0.25, -0.2) is 4.98 Å². The molecule has 4 aromatic rings. The number of halogens is 1. The summed E-state index contributed by atoms with van der Waals surface area (Å²) in [7, 11) is 3.07. The third-order valence-corrected chi connectivity index (χ3v) is 7.76. The lowest BCUT2D eigenvalue weighted by atomic mass is 10.0. The first-order valence-corrected chi connectivity index (χ1v) is 14.1. The average Bonchev–Trinajstić information content (AvgIpc) is 3.02. The molecule has 1 aliphatic rings. The summed E-state index contributed by atoms with van der Waals surface area (Å²) in [5, 5.41) is 7.19. The Hall–Kier alpha value is -4.41. The number of likely N-dealkylation sites (tertiary alicyclic amines) is 1. The van der Waals surface area contributed by atoms with E-state index in [2.05, 4.69) is 27.1 Å². The van der Waals surface area contributed by atoms with Crippen LogP contribution in [0.3, 0.4) is 0 Å². The first kappa shape index (κ1) is 29.1. The van der Waals surface area contributed by atoms with E-state index in [9.17, 15) is 9.59 Å². The molecule has 1 saturated heterocycles. The van der Waals surface area contributed by atoms with Crippen molar-refractivity contribution in [3.8, 4) is 22.6 Å². The molecule has 2 aromatic heterocycles. The molecule has 11 heteroatoms. The lowest BCUT2D eigenvalue weighted by molar-refractivity contribution is -0.117. The fraction of sp³-hybridized carbons (Fsp3) is 0.290. The summed E-state index contributed by atoms with van der Waals surface area (Å²) in [6, 6.07) is 14.9. The Kier molecular flexibility index (Phi) is 9.04. The van der Waals surface area contributed by atoms with Crippen LogP contribution in [0.2, 0.25) is 5.02 Å². The van der Waals surface area contributed by atoms with Gasteiger partial charge >= 0.3 is 0 Å². The van der Waals surface area contributed by atoms with Crippen LogP contribution in [-0.2, 0) is 11.3 Å². The van der Waals surface area contributed by atoms with Gasteiger partial charge in [0.15, 0.2) is 0 Å². The number of para-hydroxylation sites is 1. The van der Waals surface area contributed by atoms with Gasteiger partial charge in [-0.2, -0.15) is 4.98 Å². The van der Waals surface area contributed by atoms with E-state index in [0.29, 0.717) is 57.7 Å². The first-order valence-electron chi connectivity index (χ1n) is 13.7. The molecule has 10 nitrogen and oxygen atoms in total. The van der Waals surface area contributed by atoms with E-state index in [1.165, 1.54) is 13.2 Å². The van der Waals surface area contributed by atoms with Crippen molar-refractivity contribution in [3.63, 3.8) is 0 Å². The SMILES string of the molecule is C=CC(=O)NC1CCN(CCn2c(=O)c(-c3cc(OC)cc(OC)c3Cl)cc3cnc(Nc4ccccc4)nc32)CC1. The van der Waals surface area contributed by atoms with Gasteiger partial charge in [-0.05, 0) is 43.2 Å². The molecule has 0 atom stereocenters. The number of methoxy groups -OCH3 is 2. The molecule has 3 heterocycles. The third-order valence-electron chi connectivity index (χ3n) is 7.37. The number of nitrogens with one attached hydrogen (secondary N) is 2. The number of hydrogen-bond acceptors (Lipinski definition) is 8. The summed E-state index contributed by atoms with van der Waals surface area (Å²) >= 11 is 6.71. The van der Waals surface area contributed by atoms with Crippen molar-refractivity contribution in [1.82, 2.24) is 24.8 Å². The van der Waals surface area contributed by atoms with Crippen LogP contribution in [0.15, 0.2) is 72.2 Å². The zero-order valence-corrected chi connectivity index (χ0v) is 24.4. The second-order valence-corrected chi connectivity index (χ2v) is 10.4. The smallest absolute Gasteiger partial charge is 0.260 e. The maximum atomic E-state index is 14.2. The molecular weight excluding hydrogens is 556 g/mol. The average molecular weight is 589 g/mol. The van der Waals surface area contributed by atoms with Crippen LogP contribution in [0.4, 0.5) is 11.6 Å². The number of aromatic nitrogens is 3. The van der Waals surface area contributed by atoms with Crippen molar-refractivity contribution < 1.29 is 14.3 Å². The van der Waals surface area contributed by atoms with Gasteiger partial charge in [0.1, 0.15) is 17.1 Å². The maximum Gasteiger partial charge on any atom is 0.260 e. The number of hydrogen-bond donors (Lipinski definition) is 2. The zero-order valence-electron chi connectivity index (χ0n) is 23.6. The Morgan fingerprint density at radius 2 is 1.86 bits per heavy atom. The fourth-order valence-corrected chi connectivity index (χ4v) is 5.40. The van der Waals surface area contributed by atoms with E-state index in [0.717, 1.165) is 31.6 Å². The molecule has 0 unspecified atom stereocenters. The van der Waals surface area contributed by atoms with Crippen LogP contribution in [0, 0.1) is 0 Å². The molecular formula is C31H33ClN6O4. The highest BCUT2D eigenvalue weighted by Gasteiger charge is 2.22. The van der Waals surface area contributed by atoms with Crippen LogP contribution >= 0.6 is 11.6 Å². The quantitative estimate of drug-likeness (QED) is 0.258. The Morgan fingerprint density at radius 1 is 1.10 bits per heavy atom. The van der Waals surface area contributed by atoms with Crippen molar-refractivity contribution in [2.45, 2.75) is 25.4 Å². The molecule has 0 spiro atoms. The van der Waals surface area contributed by atoms with Crippen LogP contribution in [0.1, 0.15) is 12.8 Å². The standard InChI is InChI=1S/C31H33ClN6O4/c1-4-27(39)34-22-10-12-37(13-11-22)14-15-38-29-20(19-33-31(36-29)35-21-8-6-5-7-9-21)16-25(30(38)40)24-17-23(41-2)18-26(42-3)28(24)32/h4-9,16-19,22H,1,10-15H2,2-3H3,(H,34,39)(H,33,35,36). The van der Waals surface area contributed by atoms with E-state index in [4.69, 9.17) is 26.1 Å². The summed E-state index contributed by atoms with van der Waals surface area (Å²) in [6.45, 7) is 6.14. The van der Waals surface area contributed by atoms with Gasteiger partial charge in [-0.1, -0.05) is 36.4 Å². The Labute approximate surface area is 248 Å². The third kappa shape index (κ3) is 6.40. The molecule has 0 saturated carbocycles. The van der Waals surface area contributed by atoms with Gasteiger partial charge in [0, 0.05) is 66.7 Å². The normalized spacial score (nSPS) is 14.0. The lowest BCUT2D eigenvalue weighted by Gasteiger charge is -2.32. The highest BCUT2D eigenvalue weighted by atomic mass is 35.5. The van der Waals surface area contributed by atoms with E-state index < -0.39 is 0 Å². The van der Waals surface area contributed by atoms with Gasteiger partial charge in [0.25, 0.3) is 5.56 Å². The largest absolute Gasteiger partial charge is 0.497 e. The molecule has 1 fully saturated rings. The van der Waals surface area contributed by atoms with Crippen molar-refractivity contribution >= 4 is 40.2 Å². The molecule has 0 bridgehead atoms. The second-order valence-electron chi connectivity index (χ2n) is 10.00. The van der Waals surface area contributed by atoms with Crippen molar-refractivity contribution in [1.29, 1.82) is 0 Å². The number of piperidine rings is 1. The van der Waals surface area contributed by atoms with Gasteiger partial charge in [0.2, 0.25) is 11.9 Å². The van der Waals surface area contributed by atoms with Crippen LogP contribution in [-0.4, -0.2) is 65.2 Å². The molecule has 218 valence electrons. The van der Waals surface area contributed by atoms with Crippen molar-refractivity contribution in [2.24, 2.45) is 0 Å². The number of anilines is 2. The number of ether oxygens (including phenoxy) is 2. The second kappa shape index (κ2) is 13.1. The summed E-state index contributed by atoms with van der Waals surface area (Å²) < 4.78 is 12.6. The molecule has 2 aromatic carbocycles. The molecule has 1 amide bonds. The van der Waals surface area contributed by atoms with Gasteiger partial charge < -0.3 is 25.0 Å². The molecule has 5 rings (SSSR count). The van der Waals surface area contributed by atoms with Gasteiger partial charge in [-0.3, -0.25) is 14.2 Å². The van der Waals surface area contributed by atoms with Crippen molar-refractivity contribution in [2.75, 3.05) is 39.2 Å². The number of benzene rings is 2. The number of amides is 1. The molecule has 0 aliphatic carbocycles. The van der Waals surface area contributed by atoms with E-state index >= 15 is 0 Å². The van der Waals surface area contributed by atoms with Gasteiger partial charge in [0.05, 0.1) is 19.2 Å². The Morgan fingerprint density at radius 3 is 2.55 bits per heavy atom. The first-order chi connectivity index (χ1) is 20.4. The van der Waals surface area contributed by atoms with Crippen LogP contribution in [0.25, 0.3) is 22.2 Å². The number of fused-ring (bicyclic) bond motifs is 1. The predicted octanol–water partition coefficient (Wildman–Crippen LogP) is 4.64. The maximum absolute atomic E-state index is 14.2. The van der Waals surface area contributed by atoms with Crippen LogP contribution in [0.5, 0.6) is 11.5 Å². The Bertz CT molecular complexity index is 1650. The number of pyridine rings is 1. The number of nitrogens with zero attached hydrogens (tertiary/aromatic N) is 4. The minimum Gasteiger partial charge on any atom is -0.497 e. The lowest BCUT2D eigenvalue weighted by Crippen LogP contribution is -2.45. The Balaban J connectivity index is 1.51.